The molecule has 0 saturated heterocycles. The first-order valence-corrected chi connectivity index (χ1v) is 16.9. The molecule has 51 heteroatoms. The first-order chi connectivity index (χ1) is 30.4. The van der Waals surface area contributed by atoms with Crippen molar-refractivity contribution in [1.82, 2.24) is 0 Å². The summed E-state index contributed by atoms with van der Waals surface area (Å²) in [5.74, 6) is -176. The molecule has 0 spiro atoms. The highest BCUT2D eigenvalue weighted by Crippen LogP contribution is 2.70. The normalized spacial score (nSPS) is 17.4. The molecule has 0 atom stereocenters. The topological polar surface area (TPSA) is 52.6 Å². The van der Waals surface area contributed by atoms with Crippen molar-refractivity contribution < 1.29 is 210 Å². The molecule has 0 aromatic carbocycles. The number of halogens is 46. The lowest BCUT2D eigenvalue weighted by Gasteiger charge is -2.45. The first kappa shape index (κ1) is 70.4. The van der Waals surface area contributed by atoms with Gasteiger partial charge in [0.05, 0.1) is 0 Å². The quantitative estimate of drug-likeness (QED) is 0.0714. The van der Waals surface area contributed by atoms with E-state index in [9.17, 15) is 202 Å². The molecule has 0 unspecified atom stereocenters. The molecule has 0 aliphatic carbocycles. The summed E-state index contributed by atoms with van der Waals surface area (Å²) in [6.45, 7) is 0. The number of hydrogen-bond donors (Lipinski definition) is 0. The maximum Gasteiger partial charge on any atom is 0.441 e. The molecule has 0 aromatic heterocycles. The summed E-state index contributed by atoms with van der Waals surface area (Å²) in [6.07, 6.45) is -18.8. The minimum Gasteiger partial charge on any atom is -0.192 e. The van der Waals surface area contributed by atoms with Crippen LogP contribution in [0.2, 0.25) is 0 Å². The summed E-state index contributed by atoms with van der Waals surface area (Å²) in [5, 5.41) is -15.1. The lowest BCUT2D eigenvalue weighted by molar-refractivity contribution is -0.481. The number of hydrogen-bond acceptors (Lipinski definition) is 4. The van der Waals surface area contributed by atoms with Crippen LogP contribution in [0, 0.1) is 0 Å². The fourth-order valence-corrected chi connectivity index (χ4v) is 4.85. The van der Waals surface area contributed by atoms with Gasteiger partial charge >= 0.3 is 140 Å². The molecule has 440 valence electrons. The van der Waals surface area contributed by atoms with E-state index < -0.39 is 140 Å². The third-order valence-electron chi connectivity index (χ3n) is 8.17. The number of rotatable bonds is 24. The minimum atomic E-state index is -10.2. The zero-order valence-corrected chi connectivity index (χ0v) is 32.8. The van der Waals surface area contributed by atoms with Gasteiger partial charge in [0, 0.05) is 0 Å². The predicted octanol–water partition coefficient (Wildman–Crippen LogP) is 14.5. The van der Waals surface area contributed by atoms with Gasteiger partial charge in [0.2, 0.25) is 0 Å². The average molecular weight is 1270 g/mol. The third kappa shape index (κ3) is 8.78. The van der Waals surface area contributed by atoms with E-state index in [1.165, 1.54) is 0 Å². The maximum absolute atomic E-state index is 14.0. The zero-order chi connectivity index (χ0) is 60.9. The van der Waals surface area contributed by atoms with Gasteiger partial charge in [-0.15, -0.1) is 0 Å². The molecular weight excluding hydrogens is 1270 g/mol. The molecule has 0 heterocycles. The van der Waals surface area contributed by atoms with Crippen LogP contribution in [-0.2, 0) is 18.8 Å². The fraction of sp³-hybridized carbons (Fsp3) is 1.00. The fourth-order valence-electron chi connectivity index (χ4n) is 3.86. The Bertz CT molecular complexity index is 1990. The van der Waals surface area contributed by atoms with Crippen molar-refractivity contribution in [3.8, 4) is 0 Å². The Labute approximate surface area is 374 Å². The van der Waals surface area contributed by atoms with Crippen molar-refractivity contribution in [3.63, 3.8) is 0 Å². The Morgan fingerprint density at radius 1 is 0.192 bits per heavy atom. The van der Waals surface area contributed by atoms with Crippen LogP contribution in [0.4, 0.5) is 193 Å². The molecule has 0 fully saturated rings. The molecule has 0 aromatic rings. The van der Waals surface area contributed by atoms with E-state index in [0.717, 1.165) is 8.37 Å². The highest BCUT2D eigenvalue weighted by molar-refractivity contribution is 7.81. The largest absolute Gasteiger partial charge is 0.441 e. The van der Waals surface area contributed by atoms with Crippen LogP contribution in [0.3, 0.4) is 0 Å². The smallest absolute Gasteiger partial charge is 0.192 e. The summed E-state index contributed by atoms with van der Waals surface area (Å²) < 4.78 is 623. The maximum atomic E-state index is 14.0. The van der Waals surface area contributed by atoms with Crippen LogP contribution >= 0.6 is 23.2 Å². The molecule has 0 aliphatic heterocycles. The third-order valence-corrected chi connectivity index (χ3v) is 9.47. The molecule has 0 amide bonds. The van der Waals surface area contributed by atoms with Crippen LogP contribution in [-0.4, -0.2) is 138 Å². The van der Waals surface area contributed by atoms with E-state index in [4.69, 9.17) is 0 Å². The molecule has 0 saturated carbocycles. The van der Waals surface area contributed by atoms with Gasteiger partial charge in [0.15, 0.2) is 0 Å². The highest BCUT2D eigenvalue weighted by Gasteiger charge is 3.01. The van der Waals surface area contributed by atoms with E-state index in [1.807, 2.05) is 0 Å². The molecule has 0 aliphatic rings. The molecule has 0 bridgehead atoms. The second-order valence-corrected chi connectivity index (χ2v) is 15.0. The lowest BCUT2D eigenvalue weighted by atomic mass is 9.86. The van der Waals surface area contributed by atoms with Crippen molar-refractivity contribution >= 4 is 33.6 Å². The second kappa shape index (κ2) is 17.2. The lowest BCUT2D eigenvalue weighted by Crippen LogP contribution is -2.78. The van der Waals surface area contributed by atoms with Crippen molar-refractivity contribution in [2.75, 3.05) is 0 Å². The van der Waals surface area contributed by atoms with Gasteiger partial charge in [-0.05, 0) is 23.2 Å². The predicted molar refractivity (Wildman–Crippen MR) is 132 cm³/mol. The van der Waals surface area contributed by atoms with Crippen LogP contribution in [0.25, 0.3) is 0 Å². The Kier molecular flexibility index (Phi) is 16.6. The summed E-state index contributed by atoms with van der Waals surface area (Å²) >= 11 is 6.23. The summed E-state index contributed by atoms with van der Waals surface area (Å²) in [6, 6.07) is 0. The van der Waals surface area contributed by atoms with Crippen LogP contribution in [0.15, 0.2) is 0 Å². The van der Waals surface area contributed by atoms with E-state index in [-0.39, 0.29) is 0 Å². The van der Waals surface area contributed by atoms with Crippen LogP contribution < -0.4 is 0 Å². The van der Waals surface area contributed by atoms with Gasteiger partial charge in [-0.3, -0.25) is 0 Å². The van der Waals surface area contributed by atoms with E-state index in [0.29, 0.717) is 0 Å². The highest BCUT2D eigenvalue weighted by atomic mass is 35.5. The Morgan fingerprint density at radius 2 is 0.288 bits per heavy atom. The van der Waals surface area contributed by atoms with Gasteiger partial charge in [0.1, 0.15) is 0 Å². The van der Waals surface area contributed by atoms with Crippen molar-refractivity contribution in [1.29, 1.82) is 0 Å². The van der Waals surface area contributed by atoms with E-state index in [2.05, 4.69) is 23.2 Å². The van der Waals surface area contributed by atoms with Crippen LogP contribution in [0.1, 0.15) is 0 Å². The first-order valence-electron chi connectivity index (χ1n) is 14.8. The van der Waals surface area contributed by atoms with Gasteiger partial charge in [-0.1, -0.05) is 0 Å². The molecule has 73 heavy (non-hydrogen) atoms. The Hall–Kier alpha value is -2.63. The number of alkyl halides is 46. The summed E-state index contributed by atoms with van der Waals surface area (Å²) in [4.78, 5) is 0. The monoisotopic (exact) mass is 1270 g/mol. The van der Waals surface area contributed by atoms with Crippen LogP contribution in [0.5, 0.6) is 0 Å². The molecule has 0 radical (unpaired) electrons. The second-order valence-electron chi connectivity index (χ2n) is 12.9. The van der Waals surface area contributed by atoms with E-state index >= 15 is 0 Å². The molecule has 0 N–H and O–H groups in total. The molecule has 4 nitrogen and oxygen atoms in total. The Balaban J connectivity index is 7.61. The van der Waals surface area contributed by atoms with Gasteiger partial charge in [-0.2, -0.15) is 210 Å². The molecular formula is C22Cl2F44O4S. The minimum absolute atomic E-state index is 0.817. The average Bonchev–Trinajstić information content (AvgIpc) is 3.11. The van der Waals surface area contributed by atoms with Crippen molar-refractivity contribution in [2.45, 2.75) is 130 Å². The SMILES string of the molecule is O=S(=O)(OC(F)(F)C(F)(F)C(F)(F)C(F)(F)C(F)(F)C(F)(F)C(F)(F)C(F)(F)C(F)(F)C(F)(F)C(F)(F)Cl)OC(F)(F)C(F)(F)C(F)(F)C(F)(F)C(F)(F)C(F)(F)C(F)(F)C(F)(F)C(F)(F)C(F)(F)C(F)(F)Cl. The van der Waals surface area contributed by atoms with E-state index in [1.54, 1.807) is 0 Å². The zero-order valence-electron chi connectivity index (χ0n) is 30.4. The van der Waals surface area contributed by atoms with Gasteiger partial charge in [-0.25, -0.2) is 0 Å². The van der Waals surface area contributed by atoms with Gasteiger partial charge < -0.3 is 0 Å². The molecule has 0 rings (SSSR count). The van der Waals surface area contributed by atoms with Crippen molar-refractivity contribution in [3.05, 3.63) is 0 Å². The summed E-state index contributed by atoms with van der Waals surface area (Å²) in [7, 11) is -9.75. The summed E-state index contributed by atoms with van der Waals surface area (Å²) in [5.41, 5.74) is 0. The Morgan fingerprint density at radius 3 is 0.397 bits per heavy atom. The standard InChI is InChI=1S/C22Cl2F44O4S/c23-19(61,62)15(53,54)11(45,46)7(37,38)3(29,30)1(25,26)5(33,34)9(41,42)13(49,50)17(57,58)21(65,66)71-73(69,70)72-22(67,68)18(59,60)14(51,52)10(43,44)6(35,36)2(27,28)4(31,32)8(39,40)12(47,48)16(55,56)20(24,63)64. The van der Waals surface area contributed by atoms with Crippen molar-refractivity contribution in [2.24, 2.45) is 0 Å². The van der Waals surface area contributed by atoms with Gasteiger partial charge in [0.25, 0.3) is 0 Å².